The van der Waals surface area contributed by atoms with Crippen molar-refractivity contribution in [3.05, 3.63) is 59.2 Å². The third-order valence-corrected chi connectivity index (χ3v) is 4.30. The van der Waals surface area contributed by atoms with Crippen molar-refractivity contribution in [3.63, 3.8) is 0 Å². The Bertz CT molecular complexity index is 793. The Morgan fingerprint density at radius 3 is 2.43 bits per heavy atom. The first-order valence-electron chi connectivity index (χ1n) is 6.13. The lowest BCUT2D eigenvalue weighted by molar-refractivity contribution is -0.255. The van der Waals surface area contributed by atoms with E-state index in [-0.39, 0.29) is 16.2 Å². The number of carbonyl (C=O) groups is 1. The number of para-hydroxylation sites is 1. The van der Waals surface area contributed by atoms with Crippen LogP contribution in [-0.2, 0) is 10.1 Å². The van der Waals surface area contributed by atoms with E-state index in [1.165, 1.54) is 30.3 Å². The highest BCUT2D eigenvalue weighted by Gasteiger charge is 2.21. The van der Waals surface area contributed by atoms with Gasteiger partial charge in [0, 0.05) is 5.56 Å². The van der Waals surface area contributed by atoms with Crippen LogP contribution >= 0.6 is 0 Å². The van der Waals surface area contributed by atoms with Gasteiger partial charge >= 0.3 is 10.1 Å². The van der Waals surface area contributed by atoms with Crippen LogP contribution in [0.15, 0.2) is 47.4 Å². The molecule has 0 amide bonds. The van der Waals surface area contributed by atoms with Crippen molar-refractivity contribution in [1.29, 1.82) is 0 Å². The van der Waals surface area contributed by atoms with Gasteiger partial charge < -0.3 is 14.1 Å². The molecular weight excluding hydrogens is 292 g/mol. The van der Waals surface area contributed by atoms with Crippen LogP contribution in [0.2, 0.25) is 0 Å². The van der Waals surface area contributed by atoms with Gasteiger partial charge in [-0.2, -0.15) is 8.42 Å². The van der Waals surface area contributed by atoms with Gasteiger partial charge in [-0.1, -0.05) is 24.3 Å². The van der Waals surface area contributed by atoms with Crippen LogP contribution in [0.5, 0.6) is 5.75 Å². The summed E-state index contributed by atoms with van der Waals surface area (Å²) < 4.78 is 29.6. The van der Waals surface area contributed by atoms with Crippen LogP contribution < -0.4 is 9.29 Å². The fraction of sp³-hybridized carbons (Fsp3) is 0.133. The number of rotatable bonds is 4. The highest BCUT2D eigenvalue weighted by atomic mass is 32.2. The van der Waals surface area contributed by atoms with Crippen molar-refractivity contribution in [1.82, 2.24) is 0 Å². The Morgan fingerprint density at radius 1 is 1.10 bits per heavy atom. The van der Waals surface area contributed by atoms with Gasteiger partial charge in [0.05, 0.1) is 5.97 Å². The Hall–Kier alpha value is -2.34. The monoisotopic (exact) mass is 305 g/mol. The molecule has 110 valence electrons. The number of hydrogen-bond acceptors (Lipinski definition) is 5. The molecule has 0 aromatic heterocycles. The van der Waals surface area contributed by atoms with Gasteiger partial charge in [-0.3, -0.25) is 0 Å². The number of aryl methyl sites for hydroxylation is 2. The Kier molecular flexibility index (Phi) is 3.99. The van der Waals surface area contributed by atoms with Crippen LogP contribution in [0.3, 0.4) is 0 Å². The van der Waals surface area contributed by atoms with E-state index >= 15 is 0 Å². The first kappa shape index (κ1) is 15.1. The van der Waals surface area contributed by atoms with E-state index in [1.807, 2.05) is 0 Å². The summed E-state index contributed by atoms with van der Waals surface area (Å²) in [5, 5.41) is 11.0. The van der Waals surface area contributed by atoms with E-state index in [0.717, 1.165) is 5.56 Å². The molecule has 0 fully saturated rings. The van der Waals surface area contributed by atoms with Crippen LogP contribution in [0.4, 0.5) is 0 Å². The van der Waals surface area contributed by atoms with Gasteiger partial charge in [0.15, 0.2) is 5.75 Å². The summed E-state index contributed by atoms with van der Waals surface area (Å²) in [5.41, 5.74) is 0.967. The minimum atomic E-state index is -4.11. The van der Waals surface area contributed by atoms with Crippen LogP contribution in [0, 0.1) is 13.8 Å². The summed E-state index contributed by atoms with van der Waals surface area (Å²) in [6.45, 7) is 3.40. The van der Waals surface area contributed by atoms with E-state index in [1.54, 1.807) is 26.0 Å². The molecule has 2 rings (SSSR count). The topological polar surface area (TPSA) is 83.5 Å². The van der Waals surface area contributed by atoms with Gasteiger partial charge in [0.25, 0.3) is 0 Å². The molecule has 0 radical (unpaired) electrons. The molecule has 2 aromatic carbocycles. The van der Waals surface area contributed by atoms with Crippen molar-refractivity contribution in [2.24, 2.45) is 0 Å². The Balaban J connectivity index is 2.48. The van der Waals surface area contributed by atoms with Gasteiger partial charge in [-0.25, -0.2) is 0 Å². The highest BCUT2D eigenvalue weighted by Crippen LogP contribution is 2.24. The van der Waals surface area contributed by atoms with E-state index in [0.29, 0.717) is 5.56 Å². The number of hydrogen-bond donors (Lipinski definition) is 0. The lowest BCUT2D eigenvalue weighted by Gasteiger charge is -2.13. The second-order valence-corrected chi connectivity index (χ2v) is 6.10. The molecule has 0 bridgehead atoms. The molecule has 0 spiro atoms. The van der Waals surface area contributed by atoms with E-state index in [9.17, 15) is 18.3 Å². The lowest BCUT2D eigenvalue weighted by Crippen LogP contribution is -2.24. The molecule has 0 heterocycles. The summed E-state index contributed by atoms with van der Waals surface area (Å²) >= 11 is 0. The summed E-state index contributed by atoms with van der Waals surface area (Å²) in [4.78, 5) is 11.0. The standard InChI is InChI=1S/C15H14O5S/c1-10-7-8-11(2)14(9-10)21(18,19)20-13-6-4-3-5-12(13)15(16)17/h3-9H,1-2H3,(H,16,17)/p-1. The lowest BCUT2D eigenvalue weighted by atomic mass is 10.2. The number of carboxylic acids is 1. The number of carboxylic acid groups (broad SMARTS) is 1. The zero-order chi connectivity index (χ0) is 15.6. The predicted molar refractivity (Wildman–Crippen MR) is 74.5 cm³/mol. The smallest absolute Gasteiger partial charge is 0.339 e. The molecule has 21 heavy (non-hydrogen) atoms. The minimum absolute atomic E-state index is 0.00986. The molecule has 0 saturated heterocycles. The fourth-order valence-electron chi connectivity index (χ4n) is 1.85. The second-order valence-electron chi connectivity index (χ2n) is 4.59. The van der Waals surface area contributed by atoms with Crippen LogP contribution in [-0.4, -0.2) is 14.4 Å². The fourth-order valence-corrected chi connectivity index (χ4v) is 3.11. The average molecular weight is 305 g/mol. The number of carbonyl (C=O) groups excluding carboxylic acids is 1. The van der Waals surface area contributed by atoms with Gasteiger partial charge in [-0.05, 0) is 43.2 Å². The Labute approximate surface area is 122 Å². The highest BCUT2D eigenvalue weighted by molar-refractivity contribution is 7.87. The third kappa shape index (κ3) is 3.22. The number of benzene rings is 2. The average Bonchev–Trinajstić information content (AvgIpc) is 2.41. The molecule has 0 N–H and O–H groups in total. The first-order valence-corrected chi connectivity index (χ1v) is 7.54. The van der Waals surface area contributed by atoms with Crippen LogP contribution in [0.1, 0.15) is 21.5 Å². The molecule has 6 heteroatoms. The second kappa shape index (κ2) is 5.57. The van der Waals surface area contributed by atoms with E-state index in [2.05, 4.69) is 0 Å². The maximum atomic E-state index is 12.3. The van der Waals surface area contributed by atoms with Gasteiger partial charge in [0.2, 0.25) is 0 Å². The molecule has 0 aliphatic carbocycles. The van der Waals surface area contributed by atoms with Gasteiger partial charge in [-0.15, -0.1) is 0 Å². The SMILES string of the molecule is Cc1ccc(C)c(S(=O)(=O)Oc2ccccc2C(=O)[O-])c1. The quantitative estimate of drug-likeness (QED) is 0.798. The molecule has 0 saturated carbocycles. The molecule has 0 aliphatic heterocycles. The zero-order valence-electron chi connectivity index (χ0n) is 11.5. The zero-order valence-corrected chi connectivity index (χ0v) is 12.3. The summed E-state index contributed by atoms with van der Waals surface area (Å²) in [7, 11) is -4.11. The summed E-state index contributed by atoms with van der Waals surface area (Å²) in [5.74, 6) is -1.76. The maximum absolute atomic E-state index is 12.3. The maximum Gasteiger partial charge on any atom is 0.339 e. The molecule has 2 aromatic rings. The summed E-state index contributed by atoms with van der Waals surface area (Å²) in [6.07, 6.45) is 0. The number of aromatic carboxylic acids is 1. The first-order chi connectivity index (χ1) is 9.81. The molecular formula is C15H13O5S-. The largest absolute Gasteiger partial charge is 0.545 e. The normalized spacial score (nSPS) is 11.1. The van der Waals surface area contributed by atoms with Crippen molar-refractivity contribution in [2.45, 2.75) is 18.7 Å². The van der Waals surface area contributed by atoms with Gasteiger partial charge in [0.1, 0.15) is 4.90 Å². The van der Waals surface area contributed by atoms with Crippen molar-refractivity contribution in [3.8, 4) is 5.75 Å². The van der Waals surface area contributed by atoms with Crippen LogP contribution in [0.25, 0.3) is 0 Å². The molecule has 0 atom stereocenters. The van der Waals surface area contributed by atoms with Crippen molar-refractivity contribution >= 4 is 16.1 Å². The van der Waals surface area contributed by atoms with E-state index in [4.69, 9.17) is 4.18 Å². The third-order valence-electron chi connectivity index (χ3n) is 2.92. The Morgan fingerprint density at radius 2 is 1.76 bits per heavy atom. The minimum Gasteiger partial charge on any atom is -0.545 e. The molecule has 0 aliphatic rings. The van der Waals surface area contributed by atoms with Crippen molar-refractivity contribution in [2.75, 3.05) is 0 Å². The molecule has 5 nitrogen and oxygen atoms in total. The summed E-state index contributed by atoms with van der Waals surface area (Å²) in [6, 6.07) is 10.4. The molecule has 0 unspecified atom stereocenters. The predicted octanol–water partition coefficient (Wildman–Crippen LogP) is 1.43. The van der Waals surface area contributed by atoms with Crippen molar-refractivity contribution < 1.29 is 22.5 Å². The van der Waals surface area contributed by atoms with E-state index < -0.39 is 16.1 Å².